The van der Waals surface area contributed by atoms with Crippen molar-refractivity contribution in [2.75, 3.05) is 12.4 Å². The molecule has 2 aromatic rings. The Labute approximate surface area is 143 Å². The third-order valence-electron chi connectivity index (χ3n) is 3.37. The number of carbonyl (C=O) groups excluding carboxylic acids is 1. The van der Waals surface area contributed by atoms with Gasteiger partial charge in [-0.3, -0.25) is 4.79 Å². The maximum absolute atomic E-state index is 12.5. The first-order valence-electron chi connectivity index (χ1n) is 7.89. The molecule has 0 atom stereocenters. The number of ether oxygens (including phenoxy) is 2. The Morgan fingerprint density at radius 1 is 1.25 bits per heavy atom. The third-order valence-corrected chi connectivity index (χ3v) is 3.37. The molecule has 24 heavy (non-hydrogen) atoms. The predicted octanol–water partition coefficient (Wildman–Crippen LogP) is 4.46. The quantitative estimate of drug-likeness (QED) is 0.764. The van der Waals surface area contributed by atoms with E-state index < -0.39 is 0 Å². The summed E-state index contributed by atoms with van der Waals surface area (Å²) in [6.07, 6.45) is 2.51. The van der Waals surface area contributed by atoms with Crippen molar-refractivity contribution < 1.29 is 14.3 Å². The van der Waals surface area contributed by atoms with E-state index in [0.717, 1.165) is 17.1 Å². The van der Waals surface area contributed by atoms with E-state index in [9.17, 15) is 4.79 Å². The first-order chi connectivity index (χ1) is 11.5. The van der Waals surface area contributed by atoms with Crippen LogP contribution in [0.2, 0.25) is 0 Å². The Kier molecular flexibility index (Phi) is 6.01. The Morgan fingerprint density at radius 2 is 2.04 bits per heavy atom. The monoisotopic (exact) mass is 325 g/mol. The van der Waals surface area contributed by atoms with E-state index in [1.54, 1.807) is 25.3 Å². The predicted molar refractivity (Wildman–Crippen MR) is 97.1 cm³/mol. The molecule has 0 aromatic heterocycles. The van der Waals surface area contributed by atoms with Crippen LogP contribution in [0.15, 0.2) is 55.1 Å². The molecule has 0 radical (unpaired) electrons. The second kappa shape index (κ2) is 8.20. The Hall–Kier alpha value is -2.75. The molecular formula is C20H23NO3. The van der Waals surface area contributed by atoms with Crippen molar-refractivity contribution in [3.8, 4) is 11.5 Å². The van der Waals surface area contributed by atoms with Crippen molar-refractivity contribution >= 4 is 11.6 Å². The van der Waals surface area contributed by atoms with Gasteiger partial charge in [0.1, 0.15) is 11.5 Å². The van der Waals surface area contributed by atoms with Gasteiger partial charge in [-0.25, -0.2) is 0 Å². The van der Waals surface area contributed by atoms with Crippen LogP contribution in [0.5, 0.6) is 11.5 Å². The van der Waals surface area contributed by atoms with Gasteiger partial charge in [-0.2, -0.15) is 0 Å². The number of rotatable bonds is 7. The van der Waals surface area contributed by atoms with Crippen molar-refractivity contribution in [3.05, 3.63) is 66.2 Å². The van der Waals surface area contributed by atoms with Crippen molar-refractivity contribution in [1.82, 2.24) is 0 Å². The van der Waals surface area contributed by atoms with Crippen molar-refractivity contribution in [2.45, 2.75) is 26.4 Å². The molecule has 0 fully saturated rings. The van der Waals surface area contributed by atoms with Crippen LogP contribution in [0.4, 0.5) is 5.69 Å². The summed E-state index contributed by atoms with van der Waals surface area (Å²) < 4.78 is 11.0. The van der Waals surface area contributed by atoms with Crippen LogP contribution < -0.4 is 14.8 Å². The number of hydrogen-bond acceptors (Lipinski definition) is 3. The molecule has 4 heteroatoms. The molecule has 4 nitrogen and oxygen atoms in total. The van der Waals surface area contributed by atoms with Crippen molar-refractivity contribution in [2.24, 2.45) is 0 Å². The molecule has 0 saturated heterocycles. The average molecular weight is 325 g/mol. The van der Waals surface area contributed by atoms with Gasteiger partial charge in [0.2, 0.25) is 0 Å². The van der Waals surface area contributed by atoms with E-state index >= 15 is 0 Å². The summed E-state index contributed by atoms with van der Waals surface area (Å²) in [5, 5.41) is 2.89. The van der Waals surface area contributed by atoms with E-state index in [2.05, 4.69) is 11.9 Å². The largest absolute Gasteiger partial charge is 0.496 e. The summed E-state index contributed by atoms with van der Waals surface area (Å²) in [6, 6.07) is 12.7. The zero-order chi connectivity index (χ0) is 17.5. The van der Waals surface area contributed by atoms with Gasteiger partial charge in [-0.15, -0.1) is 6.58 Å². The maximum Gasteiger partial charge on any atom is 0.255 e. The molecule has 0 saturated carbocycles. The smallest absolute Gasteiger partial charge is 0.255 e. The van der Waals surface area contributed by atoms with Crippen LogP contribution in [-0.4, -0.2) is 19.1 Å². The topological polar surface area (TPSA) is 47.6 Å². The minimum Gasteiger partial charge on any atom is -0.496 e. The Morgan fingerprint density at radius 3 is 2.71 bits per heavy atom. The van der Waals surface area contributed by atoms with E-state index in [1.807, 2.05) is 44.2 Å². The normalized spacial score (nSPS) is 10.3. The van der Waals surface area contributed by atoms with Crippen LogP contribution in [-0.2, 0) is 6.42 Å². The molecule has 0 unspecified atom stereocenters. The van der Waals surface area contributed by atoms with Crippen LogP contribution in [0, 0.1) is 0 Å². The van der Waals surface area contributed by atoms with Crippen LogP contribution in [0.3, 0.4) is 0 Å². The fourth-order valence-electron chi connectivity index (χ4n) is 2.36. The summed E-state index contributed by atoms with van der Waals surface area (Å²) in [7, 11) is 1.61. The first-order valence-corrected chi connectivity index (χ1v) is 7.89. The maximum atomic E-state index is 12.5. The summed E-state index contributed by atoms with van der Waals surface area (Å²) in [6.45, 7) is 7.66. The highest BCUT2D eigenvalue weighted by Crippen LogP contribution is 2.23. The van der Waals surface area contributed by atoms with Gasteiger partial charge in [0.25, 0.3) is 5.91 Å². The molecule has 0 aliphatic heterocycles. The van der Waals surface area contributed by atoms with E-state index in [-0.39, 0.29) is 12.0 Å². The van der Waals surface area contributed by atoms with E-state index in [4.69, 9.17) is 9.47 Å². The molecule has 1 amide bonds. The minimum atomic E-state index is -0.176. The SMILES string of the molecule is C=CCc1cc(C(=O)Nc2cccc(OC(C)C)c2)ccc1OC. The lowest BCUT2D eigenvalue weighted by Gasteiger charge is -2.12. The number of allylic oxidation sites excluding steroid dienone is 1. The number of nitrogens with one attached hydrogen (secondary N) is 1. The van der Waals surface area contributed by atoms with Gasteiger partial charge in [0.15, 0.2) is 0 Å². The van der Waals surface area contributed by atoms with E-state index in [1.165, 1.54) is 0 Å². The number of anilines is 1. The Balaban J connectivity index is 2.17. The fraction of sp³-hybridized carbons (Fsp3) is 0.250. The summed E-state index contributed by atoms with van der Waals surface area (Å²) >= 11 is 0. The number of benzene rings is 2. The number of carbonyl (C=O) groups is 1. The van der Waals surface area contributed by atoms with E-state index in [0.29, 0.717) is 17.7 Å². The van der Waals surface area contributed by atoms with Gasteiger partial charge < -0.3 is 14.8 Å². The van der Waals surface area contributed by atoms with Gasteiger partial charge in [0.05, 0.1) is 13.2 Å². The van der Waals surface area contributed by atoms with Gasteiger partial charge >= 0.3 is 0 Å². The van der Waals surface area contributed by atoms with Gasteiger partial charge in [0, 0.05) is 17.3 Å². The highest BCUT2D eigenvalue weighted by molar-refractivity contribution is 6.04. The highest BCUT2D eigenvalue weighted by atomic mass is 16.5. The molecule has 1 N–H and O–H groups in total. The molecule has 0 aliphatic rings. The molecule has 0 heterocycles. The molecular weight excluding hydrogens is 302 g/mol. The standard InChI is InChI=1S/C20H23NO3/c1-5-7-15-12-16(10-11-19(15)23-4)20(22)21-17-8-6-9-18(13-17)24-14(2)3/h5-6,8-14H,1,7H2,2-4H3,(H,21,22). The summed E-state index contributed by atoms with van der Waals surface area (Å²) in [5.74, 6) is 1.30. The molecule has 126 valence electrons. The average Bonchev–Trinajstić information content (AvgIpc) is 2.54. The van der Waals surface area contributed by atoms with Crippen molar-refractivity contribution in [3.63, 3.8) is 0 Å². The molecule has 0 spiro atoms. The zero-order valence-electron chi connectivity index (χ0n) is 14.3. The number of amides is 1. The molecule has 2 aromatic carbocycles. The summed E-state index contributed by atoms with van der Waals surface area (Å²) in [4.78, 5) is 12.5. The Bertz CT molecular complexity index is 723. The van der Waals surface area contributed by atoms with Crippen LogP contribution in [0.1, 0.15) is 29.8 Å². The zero-order valence-corrected chi connectivity index (χ0v) is 14.3. The van der Waals surface area contributed by atoms with Gasteiger partial charge in [-0.1, -0.05) is 12.1 Å². The molecule has 0 aliphatic carbocycles. The van der Waals surface area contributed by atoms with Crippen molar-refractivity contribution in [1.29, 1.82) is 0 Å². The molecule has 2 rings (SSSR count). The van der Waals surface area contributed by atoms with Crippen LogP contribution >= 0.6 is 0 Å². The second-order valence-electron chi connectivity index (χ2n) is 5.67. The van der Waals surface area contributed by atoms with Crippen LogP contribution in [0.25, 0.3) is 0 Å². The lowest BCUT2D eigenvalue weighted by Crippen LogP contribution is -2.13. The first kappa shape index (κ1) is 17.6. The number of hydrogen-bond donors (Lipinski definition) is 1. The molecule has 0 bridgehead atoms. The highest BCUT2D eigenvalue weighted by Gasteiger charge is 2.10. The lowest BCUT2D eigenvalue weighted by molar-refractivity contribution is 0.102. The third kappa shape index (κ3) is 4.62. The second-order valence-corrected chi connectivity index (χ2v) is 5.67. The fourth-order valence-corrected chi connectivity index (χ4v) is 2.36. The van der Waals surface area contributed by atoms with Gasteiger partial charge in [-0.05, 0) is 56.2 Å². The minimum absolute atomic E-state index is 0.0824. The number of methoxy groups -OCH3 is 1. The lowest BCUT2D eigenvalue weighted by atomic mass is 10.1. The summed E-state index contributed by atoms with van der Waals surface area (Å²) in [5.41, 5.74) is 2.19.